The van der Waals surface area contributed by atoms with E-state index < -0.39 is 12.1 Å². The van der Waals surface area contributed by atoms with Crippen molar-refractivity contribution in [2.45, 2.75) is 186 Å². The first-order chi connectivity index (χ1) is 19.2. The summed E-state index contributed by atoms with van der Waals surface area (Å²) in [5, 5.41) is 10.9. The van der Waals surface area contributed by atoms with Gasteiger partial charge in [0.25, 0.3) is 0 Å². The maximum absolute atomic E-state index is 12.1. The fourth-order valence-electron chi connectivity index (χ4n) is 5.59. The first kappa shape index (κ1) is 38.9. The molecule has 0 aliphatic heterocycles. The predicted octanol–water partition coefficient (Wildman–Crippen LogP) is 8.91. The van der Waals surface area contributed by atoms with Crippen molar-refractivity contribution in [3.63, 3.8) is 0 Å². The highest BCUT2D eigenvalue weighted by Crippen LogP contribution is 2.16. The molecule has 0 heterocycles. The Morgan fingerprint density at radius 1 is 0.550 bits per heavy atom. The number of hydrogen-bond donors (Lipinski definition) is 0. The highest BCUT2D eigenvalue weighted by atomic mass is 16.5. The number of hydrogen-bond acceptors (Lipinski definition) is 4. The molecule has 0 aromatic rings. The molecule has 0 rings (SSSR count). The third-order valence-electron chi connectivity index (χ3n) is 7.93. The molecule has 0 aliphatic rings. The van der Waals surface area contributed by atoms with Crippen molar-refractivity contribution in [3.05, 3.63) is 0 Å². The molecule has 0 radical (unpaired) electrons. The van der Waals surface area contributed by atoms with Crippen molar-refractivity contribution in [2.24, 2.45) is 0 Å². The minimum absolute atomic E-state index is 0.235. The highest BCUT2D eigenvalue weighted by Gasteiger charge is 2.22. The number of quaternary nitrogens is 1. The number of likely N-dealkylation sites (N-methyl/N-ethyl adjacent to an activating group) is 1. The summed E-state index contributed by atoms with van der Waals surface area (Å²) in [6, 6.07) is 0. The smallest absolute Gasteiger partial charge is 0.306 e. The van der Waals surface area contributed by atoms with Crippen LogP contribution < -0.4 is 5.11 Å². The van der Waals surface area contributed by atoms with Gasteiger partial charge in [0.05, 0.1) is 21.1 Å². The van der Waals surface area contributed by atoms with E-state index >= 15 is 0 Å². The summed E-state index contributed by atoms with van der Waals surface area (Å²) in [5.41, 5.74) is 0. The molecule has 0 saturated heterocycles. The number of esters is 1. The minimum atomic E-state index is -1.17. The van der Waals surface area contributed by atoms with Crippen molar-refractivity contribution in [1.82, 2.24) is 0 Å². The molecular weight excluding hydrogens is 498 g/mol. The lowest BCUT2D eigenvalue weighted by Crippen LogP contribution is -2.45. The van der Waals surface area contributed by atoms with E-state index in [9.17, 15) is 14.7 Å². The Labute approximate surface area is 249 Å². The van der Waals surface area contributed by atoms with Crippen LogP contribution in [0.5, 0.6) is 0 Å². The number of rotatable bonds is 31. The van der Waals surface area contributed by atoms with Crippen LogP contribution in [0.4, 0.5) is 0 Å². The van der Waals surface area contributed by atoms with E-state index in [1.807, 2.05) is 21.1 Å². The van der Waals surface area contributed by atoms with E-state index in [-0.39, 0.29) is 12.4 Å². The lowest BCUT2D eigenvalue weighted by Gasteiger charge is -2.29. The summed E-state index contributed by atoms with van der Waals surface area (Å²) in [7, 11) is 5.87. The van der Waals surface area contributed by atoms with Crippen LogP contribution in [0.15, 0.2) is 0 Å². The van der Waals surface area contributed by atoms with Gasteiger partial charge in [-0.3, -0.25) is 4.79 Å². The van der Waals surface area contributed by atoms with Gasteiger partial charge in [0.1, 0.15) is 6.54 Å². The second-order valence-corrected chi connectivity index (χ2v) is 13.4. The van der Waals surface area contributed by atoms with Crippen LogP contribution >= 0.6 is 0 Å². The number of unbranched alkanes of at least 4 members (excludes halogenated alkanes) is 24. The number of carboxylic acids is 1. The number of carbonyl (C=O) groups is 2. The van der Waals surface area contributed by atoms with Gasteiger partial charge in [-0.1, -0.05) is 161 Å². The lowest BCUT2D eigenvalue weighted by molar-refractivity contribution is -0.873. The van der Waals surface area contributed by atoms with E-state index in [0.29, 0.717) is 17.4 Å². The Balaban J connectivity index is 3.34. The zero-order valence-corrected chi connectivity index (χ0v) is 27.5. The van der Waals surface area contributed by atoms with Crippen LogP contribution in [0.25, 0.3) is 0 Å². The molecule has 5 heteroatoms. The van der Waals surface area contributed by atoms with Gasteiger partial charge in [-0.2, -0.15) is 0 Å². The van der Waals surface area contributed by atoms with Crippen LogP contribution in [0.3, 0.4) is 0 Å². The van der Waals surface area contributed by atoms with Gasteiger partial charge < -0.3 is 19.1 Å². The molecule has 1 unspecified atom stereocenters. The van der Waals surface area contributed by atoms with Gasteiger partial charge in [-0.15, -0.1) is 0 Å². The van der Waals surface area contributed by atoms with E-state index in [2.05, 4.69) is 6.92 Å². The molecule has 0 aliphatic carbocycles. The Morgan fingerprint density at radius 3 is 1.12 bits per heavy atom. The van der Waals surface area contributed by atoms with Crippen LogP contribution in [0, 0.1) is 0 Å². The van der Waals surface area contributed by atoms with Crippen LogP contribution in [0.2, 0.25) is 0 Å². The number of nitrogens with zero attached hydrogens (tertiary/aromatic N) is 1. The molecule has 0 spiro atoms. The Hall–Kier alpha value is -1.10. The SMILES string of the molecule is CCCCCCCCCCCCCCCCCCCCCCCCCCCC(=O)OC(CC(=O)[O-])C[N+](C)(C)C. The molecule has 0 aromatic carbocycles. The average Bonchev–Trinajstić information content (AvgIpc) is 2.87. The molecule has 0 saturated carbocycles. The lowest BCUT2D eigenvalue weighted by atomic mass is 10.0. The highest BCUT2D eigenvalue weighted by molar-refractivity contribution is 5.70. The third-order valence-corrected chi connectivity index (χ3v) is 7.93. The summed E-state index contributed by atoms with van der Waals surface area (Å²) in [6.45, 7) is 2.76. The molecule has 238 valence electrons. The molecule has 0 fully saturated rings. The molecule has 0 aromatic heterocycles. The van der Waals surface area contributed by atoms with Crippen molar-refractivity contribution in [1.29, 1.82) is 0 Å². The standard InChI is InChI=1S/C35H69NO4/c1-5-6-7-8-9-10-11-12-13-14-15-16-17-18-19-20-21-22-23-24-25-26-27-28-29-30-35(39)40-33(31-34(37)38)32-36(2,3)4/h33H,5-32H2,1-4H3. The molecular formula is C35H69NO4. The maximum atomic E-state index is 12.1. The number of aliphatic carboxylic acids is 1. The summed E-state index contributed by atoms with van der Waals surface area (Å²) in [6.07, 6.45) is 33.5. The van der Waals surface area contributed by atoms with Crippen molar-refractivity contribution < 1.29 is 23.9 Å². The topological polar surface area (TPSA) is 66.4 Å². The van der Waals surface area contributed by atoms with Crippen molar-refractivity contribution in [3.8, 4) is 0 Å². The van der Waals surface area contributed by atoms with Crippen LogP contribution in [-0.4, -0.2) is 50.2 Å². The Kier molecular flexibility index (Phi) is 27.3. The summed E-state index contributed by atoms with van der Waals surface area (Å²) in [4.78, 5) is 23.1. The maximum Gasteiger partial charge on any atom is 0.306 e. The monoisotopic (exact) mass is 568 g/mol. The second-order valence-electron chi connectivity index (χ2n) is 13.4. The van der Waals surface area contributed by atoms with Gasteiger partial charge in [0.15, 0.2) is 6.10 Å². The number of ether oxygens (including phenoxy) is 1. The second kappa shape index (κ2) is 28.0. The minimum Gasteiger partial charge on any atom is -0.550 e. The largest absolute Gasteiger partial charge is 0.550 e. The summed E-state index contributed by atoms with van der Waals surface area (Å²) >= 11 is 0. The zero-order valence-electron chi connectivity index (χ0n) is 27.5. The average molecular weight is 568 g/mol. The van der Waals surface area contributed by atoms with E-state index in [4.69, 9.17) is 4.74 Å². The fraction of sp³-hybridized carbons (Fsp3) is 0.943. The van der Waals surface area contributed by atoms with Crippen LogP contribution in [-0.2, 0) is 14.3 Å². The van der Waals surface area contributed by atoms with E-state index in [1.165, 1.54) is 141 Å². The van der Waals surface area contributed by atoms with Crippen molar-refractivity contribution >= 4 is 11.9 Å². The molecule has 1 atom stereocenters. The summed E-state index contributed by atoms with van der Waals surface area (Å²) < 4.78 is 5.96. The normalized spacial score (nSPS) is 12.5. The van der Waals surface area contributed by atoms with Crippen molar-refractivity contribution in [2.75, 3.05) is 27.7 Å². The fourth-order valence-corrected chi connectivity index (χ4v) is 5.59. The first-order valence-corrected chi connectivity index (χ1v) is 17.4. The summed E-state index contributed by atoms with van der Waals surface area (Å²) in [5.74, 6) is -1.45. The molecule has 0 N–H and O–H groups in total. The Morgan fingerprint density at radius 2 is 0.850 bits per heavy atom. The van der Waals surface area contributed by atoms with E-state index in [1.54, 1.807) is 0 Å². The number of carbonyl (C=O) groups excluding carboxylic acids is 2. The van der Waals surface area contributed by atoms with Gasteiger partial charge in [-0.05, 0) is 6.42 Å². The zero-order chi connectivity index (χ0) is 29.7. The van der Waals surface area contributed by atoms with Gasteiger partial charge in [0.2, 0.25) is 0 Å². The van der Waals surface area contributed by atoms with Gasteiger partial charge in [-0.25, -0.2) is 0 Å². The first-order valence-electron chi connectivity index (χ1n) is 17.4. The quantitative estimate of drug-likeness (QED) is 0.0476. The molecule has 5 nitrogen and oxygen atoms in total. The molecule has 0 bridgehead atoms. The third kappa shape index (κ3) is 31.4. The van der Waals surface area contributed by atoms with Crippen LogP contribution in [0.1, 0.15) is 180 Å². The predicted molar refractivity (Wildman–Crippen MR) is 168 cm³/mol. The van der Waals surface area contributed by atoms with E-state index in [0.717, 1.165) is 19.3 Å². The molecule has 40 heavy (non-hydrogen) atoms. The number of carboxylic acid groups (broad SMARTS) is 1. The van der Waals surface area contributed by atoms with Gasteiger partial charge in [0, 0.05) is 18.8 Å². The Bertz CT molecular complexity index is 572. The van der Waals surface area contributed by atoms with Gasteiger partial charge >= 0.3 is 5.97 Å². The molecule has 0 amide bonds.